The summed E-state index contributed by atoms with van der Waals surface area (Å²) in [5.41, 5.74) is 0.981. The molecule has 0 amide bonds. The summed E-state index contributed by atoms with van der Waals surface area (Å²) in [6, 6.07) is 12.7. The van der Waals surface area contributed by atoms with Gasteiger partial charge in [0.05, 0.1) is 29.9 Å². The third kappa shape index (κ3) is 3.36. The molecule has 10 heteroatoms. The number of ketones is 2. The molecule has 6 rings (SSSR count). The Labute approximate surface area is 218 Å². The first-order valence-corrected chi connectivity index (χ1v) is 12.4. The molecule has 2 heterocycles. The molecule has 0 bridgehead atoms. The van der Waals surface area contributed by atoms with Crippen LogP contribution in [0.15, 0.2) is 91.5 Å². The highest BCUT2D eigenvalue weighted by Crippen LogP contribution is 2.51. The molecule has 186 valence electrons. The van der Waals surface area contributed by atoms with E-state index in [2.05, 4.69) is 15.9 Å². The summed E-state index contributed by atoms with van der Waals surface area (Å²) in [6.07, 6.45) is 3.11. The van der Waals surface area contributed by atoms with Gasteiger partial charge in [-0.25, -0.2) is 23.5 Å². The van der Waals surface area contributed by atoms with E-state index < -0.39 is 23.3 Å². The first-order chi connectivity index (χ1) is 17.8. The maximum atomic E-state index is 13.7. The van der Waals surface area contributed by atoms with Crippen LogP contribution in [0.5, 0.6) is 11.5 Å². The predicted octanol–water partition coefficient (Wildman–Crippen LogP) is 2.91. The number of halogens is 1. The van der Waals surface area contributed by atoms with Gasteiger partial charge in [-0.2, -0.15) is 0 Å². The molecule has 2 aromatic carbocycles. The Morgan fingerprint density at radius 1 is 1.03 bits per heavy atom. The number of benzene rings is 2. The minimum Gasteiger partial charge on any atom is -0.507 e. The number of Topliss-reactive ketones (excluding diaryl/α,β-unsaturated/α-hetero) is 1. The van der Waals surface area contributed by atoms with Crippen LogP contribution < -0.4 is 16.1 Å². The van der Waals surface area contributed by atoms with Gasteiger partial charge >= 0.3 is 11.4 Å². The largest absolute Gasteiger partial charge is 0.507 e. The molecule has 0 saturated carbocycles. The number of para-hydroxylation sites is 1. The number of rotatable bonds is 3. The number of methoxy groups -OCH3 is 1. The molecule has 3 aliphatic rings. The normalized spacial score (nSPS) is 20.6. The number of hydrogen-bond acceptors (Lipinski definition) is 6. The zero-order chi connectivity index (χ0) is 26.0. The Kier molecular flexibility index (Phi) is 5.30. The van der Waals surface area contributed by atoms with Gasteiger partial charge in [-0.15, -0.1) is 0 Å². The lowest BCUT2D eigenvalue weighted by atomic mass is 9.68. The van der Waals surface area contributed by atoms with Gasteiger partial charge in [0, 0.05) is 41.2 Å². The van der Waals surface area contributed by atoms with Gasteiger partial charge in [-0.05, 0) is 39.7 Å². The molecule has 0 fully saturated rings. The van der Waals surface area contributed by atoms with Gasteiger partial charge in [0.25, 0.3) is 0 Å². The van der Waals surface area contributed by atoms with Crippen LogP contribution in [-0.4, -0.2) is 37.7 Å². The second-order valence-corrected chi connectivity index (χ2v) is 9.88. The molecule has 1 N–H and O–H groups in total. The third-order valence-corrected chi connectivity index (χ3v) is 7.75. The Balaban J connectivity index is 1.59. The highest BCUT2D eigenvalue weighted by molar-refractivity contribution is 9.12. The number of aromatic hydroxyl groups is 1. The molecule has 2 atom stereocenters. The number of nitrogens with zero attached hydrogens (tertiary/aromatic N) is 3. The molecule has 37 heavy (non-hydrogen) atoms. The number of ether oxygens (including phenoxy) is 1. The van der Waals surface area contributed by atoms with Crippen LogP contribution in [0, 0.1) is 0 Å². The number of hydrogen-bond donors (Lipinski definition) is 1. The van der Waals surface area contributed by atoms with Crippen molar-refractivity contribution in [3.63, 3.8) is 0 Å². The van der Waals surface area contributed by atoms with E-state index in [1.807, 2.05) is 6.08 Å². The fourth-order valence-corrected chi connectivity index (χ4v) is 5.97. The van der Waals surface area contributed by atoms with Gasteiger partial charge in [0.15, 0.2) is 11.6 Å². The quantitative estimate of drug-likeness (QED) is 0.388. The third-order valence-electron chi connectivity index (χ3n) is 7.16. The van der Waals surface area contributed by atoms with Gasteiger partial charge in [-0.3, -0.25) is 9.59 Å². The monoisotopic (exact) mass is 561 g/mol. The summed E-state index contributed by atoms with van der Waals surface area (Å²) in [5, 5.41) is 10.9. The summed E-state index contributed by atoms with van der Waals surface area (Å²) >= 11 is 3.19. The standard InChI is InChI=1S/C27H20BrN3O6/c1-37-15-7-8-17(21(32)11-15)23-16-9-10-29-26(35)30(14-5-3-2-4-6-14)27(36)31(29)20(16)12-18-24(23)22(33)13-19(28)25(18)34/h2-9,11,13,20,23,32H,10,12H2,1H3. The number of fused-ring (bicyclic) bond motifs is 3. The Bertz CT molecular complexity index is 1720. The van der Waals surface area contributed by atoms with Crippen LogP contribution in [0.25, 0.3) is 5.69 Å². The molecule has 0 saturated heterocycles. The van der Waals surface area contributed by atoms with Crippen molar-refractivity contribution in [3.8, 4) is 17.2 Å². The number of carbonyl (C=O) groups excluding carboxylic acids is 2. The summed E-state index contributed by atoms with van der Waals surface area (Å²) in [6.45, 7) is 0.0947. The maximum absolute atomic E-state index is 13.7. The van der Waals surface area contributed by atoms with Crippen LogP contribution in [0.1, 0.15) is 23.9 Å². The van der Waals surface area contributed by atoms with E-state index in [0.29, 0.717) is 22.6 Å². The number of carbonyl (C=O) groups is 2. The second kappa shape index (κ2) is 8.45. The summed E-state index contributed by atoms with van der Waals surface area (Å²) in [5.74, 6) is -1.17. The minimum absolute atomic E-state index is 0.0558. The van der Waals surface area contributed by atoms with Gasteiger partial charge < -0.3 is 9.84 Å². The van der Waals surface area contributed by atoms with E-state index in [1.165, 1.54) is 28.6 Å². The predicted molar refractivity (Wildman–Crippen MR) is 137 cm³/mol. The Hall–Kier alpha value is -4.18. The highest BCUT2D eigenvalue weighted by Gasteiger charge is 2.45. The highest BCUT2D eigenvalue weighted by atomic mass is 79.9. The maximum Gasteiger partial charge on any atom is 0.352 e. The zero-order valence-corrected chi connectivity index (χ0v) is 21.1. The second-order valence-electron chi connectivity index (χ2n) is 9.02. The number of aromatic nitrogens is 3. The first-order valence-electron chi connectivity index (χ1n) is 11.6. The van der Waals surface area contributed by atoms with E-state index in [-0.39, 0.29) is 45.9 Å². The lowest BCUT2D eigenvalue weighted by Gasteiger charge is -2.39. The molecule has 0 spiro atoms. The molecule has 1 aromatic heterocycles. The molecular formula is C27H20BrN3O6. The van der Waals surface area contributed by atoms with E-state index in [1.54, 1.807) is 42.5 Å². The van der Waals surface area contributed by atoms with Crippen LogP contribution >= 0.6 is 15.9 Å². The van der Waals surface area contributed by atoms with Crippen molar-refractivity contribution in [2.75, 3.05) is 7.11 Å². The van der Waals surface area contributed by atoms with Crippen LogP contribution in [0.2, 0.25) is 0 Å². The van der Waals surface area contributed by atoms with Crippen molar-refractivity contribution in [1.82, 2.24) is 13.9 Å². The smallest absolute Gasteiger partial charge is 0.352 e. The summed E-state index contributed by atoms with van der Waals surface area (Å²) in [4.78, 5) is 53.5. The van der Waals surface area contributed by atoms with E-state index in [4.69, 9.17) is 4.74 Å². The summed E-state index contributed by atoms with van der Waals surface area (Å²) < 4.78 is 9.16. The average molecular weight is 562 g/mol. The van der Waals surface area contributed by atoms with Crippen molar-refractivity contribution in [1.29, 1.82) is 0 Å². The van der Waals surface area contributed by atoms with Crippen LogP contribution in [0.3, 0.4) is 0 Å². The van der Waals surface area contributed by atoms with Crippen LogP contribution in [0.4, 0.5) is 0 Å². The molecule has 3 aromatic rings. The lowest BCUT2D eigenvalue weighted by molar-refractivity contribution is -0.115. The lowest BCUT2D eigenvalue weighted by Crippen LogP contribution is -2.40. The van der Waals surface area contributed by atoms with Crippen molar-refractivity contribution < 1.29 is 19.4 Å². The topological polar surface area (TPSA) is 113 Å². The van der Waals surface area contributed by atoms with E-state index >= 15 is 0 Å². The SMILES string of the molecule is COc1ccc(C2C3=CCn4c(=O)n(-c5ccccc5)c(=O)n4C3CC3=C2C(=O)C=C(Br)C3=O)c(O)c1. The molecule has 2 unspecified atom stereocenters. The molecule has 9 nitrogen and oxygen atoms in total. The van der Waals surface area contributed by atoms with Gasteiger partial charge in [-0.1, -0.05) is 30.3 Å². The van der Waals surface area contributed by atoms with Crippen molar-refractivity contribution in [2.24, 2.45) is 0 Å². The number of allylic oxidation sites excluding steroid dienone is 6. The first kappa shape index (κ1) is 23.2. The number of phenolic OH excluding ortho intramolecular Hbond substituents is 1. The van der Waals surface area contributed by atoms with Crippen molar-refractivity contribution >= 4 is 27.5 Å². The molecule has 1 aliphatic heterocycles. The summed E-state index contributed by atoms with van der Waals surface area (Å²) in [7, 11) is 1.48. The zero-order valence-electron chi connectivity index (χ0n) is 19.6. The minimum atomic E-state index is -0.788. The molecule has 0 radical (unpaired) electrons. The Morgan fingerprint density at radius 2 is 1.78 bits per heavy atom. The fourth-order valence-electron chi connectivity index (χ4n) is 5.53. The average Bonchev–Trinajstić information content (AvgIpc) is 3.16. The van der Waals surface area contributed by atoms with Crippen molar-refractivity contribution in [3.05, 3.63) is 108 Å². The molecule has 2 aliphatic carbocycles. The molecular weight excluding hydrogens is 542 g/mol. The number of phenols is 1. The van der Waals surface area contributed by atoms with Gasteiger partial charge in [0.2, 0.25) is 0 Å². The van der Waals surface area contributed by atoms with Crippen molar-refractivity contribution in [2.45, 2.75) is 24.9 Å². The van der Waals surface area contributed by atoms with E-state index in [9.17, 15) is 24.3 Å². The van der Waals surface area contributed by atoms with E-state index in [0.717, 1.165) is 4.57 Å². The van der Waals surface area contributed by atoms with Gasteiger partial charge in [0.1, 0.15) is 11.5 Å². The van der Waals surface area contributed by atoms with Crippen LogP contribution in [-0.2, 0) is 16.1 Å². The fraction of sp³-hybridized carbons (Fsp3) is 0.185. The Morgan fingerprint density at radius 3 is 2.49 bits per heavy atom.